The van der Waals surface area contributed by atoms with Crippen molar-refractivity contribution in [3.8, 4) is 0 Å². The number of hydrogen-bond acceptors (Lipinski definition) is 6. The van der Waals surface area contributed by atoms with Gasteiger partial charge in [-0.3, -0.25) is 0 Å². The summed E-state index contributed by atoms with van der Waals surface area (Å²) < 4.78 is 0. The van der Waals surface area contributed by atoms with E-state index in [-0.39, 0.29) is 11.0 Å². The van der Waals surface area contributed by atoms with E-state index in [0.717, 1.165) is 13.1 Å². The third kappa shape index (κ3) is 2.33. The summed E-state index contributed by atoms with van der Waals surface area (Å²) in [5.74, 6) is 0.771. The molecule has 3 N–H and O–H groups in total. The van der Waals surface area contributed by atoms with Crippen molar-refractivity contribution in [1.29, 1.82) is 0 Å². The maximum Gasteiger partial charge on any atom is 0.247 e. The van der Waals surface area contributed by atoms with Crippen LogP contribution in [0.15, 0.2) is 0 Å². The van der Waals surface area contributed by atoms with E-state index in [0.29, 0.717) is 18.0 Å². The summed E-state index contributed by atoms with van der Waals surface area (Å²) in [7, 11) is 0. The van der Waals surface area contributed by atoms with Crippen molar-refractivity contribution in [2.24, 2.45) is 0 Å². The lowest BCUT2D eigenvalue weighted by atomic mass is 10.1. The molecule has 7 heteroatoms. The van der Waals surface area contributed by atoms with Crippen molar-refractivity contribution in [3.05, 3.63) is 5.15 Å². The monoisotopic (exact) mass is 242 g/mol. The largest absolute Gasteiger partial charge is 0.381 e. The molecule has 2 atom stereocenters. The quantitative estimate of drug-likeness (QED) is 0.737. The first-order valence-corrected chi connectivity index (χ1v) is 5.60. The van der Waals surface area contributed by atoms with Crippen LogP contribution >= 0.6 is 11.6 Å². The van der Waals surface area contributed by atoms with Crippen molar-refractivity contribution in [2.45, 2.75) is 25.9 Å². The number of halogens is 1. The highest BCUT2D eigenvalue weighted by atomic mass is 35.5. The summed E-state index contributed by atoms with van der Waals surface area (Å²) in [6.45, 7) is 5.92. The predicted molar refractivity (Wildman–Crippen MR) is 63.5 cm³/mol. The first-order chi connectivity index (χ1) is 7.56. The molecule has 88 valence electrons. The summed E-state index contributed by atoms with van der Waals surface area (Å²) in [6.07, 6.45) is 0. The highest BCUT2D eigenvalue weighted by Crippen LogP contribution is 2.17. The predicted octanol–water partition coefficient (Wildman–Crippen LogP) is 0.294. The fourth-order valence-corrected chi connectivity index (χ4v) is 2.02. The van der Waals surface area contributed by atoms with Gasteiger partial charge in [0, 0.05) is 25.2 Å². The number of nitrogen functional groups attached to an aromatic ring is 1. The SMILES string of the molecule is CC1CN(c2nnc(Cl)c(N)n2)CC(C)N1. The van der Waals surface area contributed by atoms with E-state index >= 15 is 0 Å². The molecule has 0 amide bonds. The second kappa shape index (κ2) is 4.39. The highest BCUT2D eigenvalue weighted by Gasteiger charge is 2.23. The molecule has 0 aromatic carbocycles. The Morgan fingerprint density at radius 2 is 1.94 bits per heavy atom. The van der Waals surface area contributed by atoms with Crippen LogP contribution in [0.4, 0.5) is 11.8 Å². The number of nitrogens with zero attached hydrogens (tertiary/aromatic N) is 4. The topological polar surface area (TPSA) is 80.0 Å². The molecule has 2 heterocycles. The van der Waals surface area contributed by atoms with Crippen molar-refractivity contribution in [2.75, 3.05) is 23.7 Å². The van der Waals surface area contributed by atoms with Crippen LogP contribution in [0.1, 0.15) is 13.8 Å². The van der Waals surface area contributed by atoms with Crippen LogP contribution < -0.4 is 16.0 Å². The summed E-state index contributed by atoms with van der Waals surface area (Å²) in [5, 5.41) is 11.3. The minimum absolute atomic E-state index is 0.153. The normalized spacial score (nSPS) is 25.8. The number of hydrogen-bond donors (Lipinski definition) is 2. The number of aromatic nitrogens is 3. The standard InChI is InChI=1S/C9H15ClN6/c1-5-3-16(4-6(2)12-5)9-13-8(11)7(10)14-15-9/h5-6,12H,3-4H2,1-2H3,(H2,11,13,15). The number of anilines is 2. The fourth-order valence-electron chi connectivity index (χ4n) is 1.94. The lowest BCUT2D eigenvalue weighted by Crippen LogP contribution is -2.54. The van der Waals surface area contributed by atoms with E-state index in [1.54, 1.807) is 0 Å². The van der Waals surface area contributed by atoms with E-state index in [1.165, 1.54) is 0 Å². The molecule has 1 aromatic heterocycles. The second-order valence-electron chi connectivity index (χ2n) is 4.16. The minimum Gasteiger partial charge on any atom is -0.381 e. The molecule has 1 aromatic rings. The van der Waals surface area contributed by atoms with Crippen LogP contribution in [-0.2, 0) is 0 Å². The zero-order valence-corrected chi connectivity index (χ0v) is 10.1. The summed E-state index contributed by atoms with van der Waals surface area (Å²) in [5.41, 5.74) is 5.61. The van der Waals surface area contributed by atoms with Gasteiger partial charge < -0.3 is 16.0 Å². The smallest absolute Gasteiger partial charge is 0.247 e. The number of rotatable bonds is 1. The van der Waals surface area contributed by atoms with Gasteiger partial charge in [-0.25, -0.2) is 0 Å². The second-order valence-corrected chi connectivity index (χ2v) is 4.52. The number of nitrogens with two attached hydrogens (primary N) is 1. The zero-order valence-electron chi connectivity index (χ0n) is 9.31. The Hall–Kier alpha value is -1.14. The maximum absolute atomic E-state index is 5.68. The third-order valence-corrected chi connectivity index (χ3v) is 2.77. The van der Waals surface area contributed by atoms with Crippen LogP contribution in [0.25, 0.3) is 0 Å². The van der Waals surface area contributed by atoms with Crippen LogP contribution in [0.5, 0.6) is 0 Å². The molecule has 0 aliphatic carbocycles. The van der Waals surface area contributed by atoms with Gasteiger partial charge in [-0.2, -0.15) is 4.98 Å². The first kappa shape index (κ1) is 11.3. The molecule has 2 unspecified atom stereocenters. The highest BCUT2D eigenvalue weighted by molar-refractivity contribution is 6.31. The maximum atomic E-state index is 5.68. The summed E-state index contributed by atoms with van der Waals surface area (Å²) >= 11 is 5.68. The van der Waals surface area contributed by atoms with Crippen LogP contribution in [0.3, 0.4) is 0 Å². The Balaban J connectivity index is 2.19. The molecule has 0 radical (unpaired) electrons. The summed E-state index contributed by atoms with van der Waals surface area (Å²) in [6, 6.07) is 0.786. The average molecular weight is 243 g/mol. The van der Waals surface area contributed by atoms with Gasteiger partial charge in [-0.05, 0) is 13.8 Å². The lowest BCUT2D eigenvalue weighted by molar-refractivity contribution is 0.402. The third-order valence-electron chi connectivity index (χ3n) is 2.50. The molecule has 1 aliphatic rings. The van der Waals surface area contributed by atoms with E-state index < -0.39 is 0 Å². The average Bonchev–Trinajstić information content (AvgIpc) is 2.20. The molecule has 6 nitrogen and oxygen atoms in total. The first-order valence-electron chi connectivity index (χ1n) is 5.23. The van der Waals surface area contributed by atoms with E-state index in [4.69, 9.17) is 17.3 Å². The molecule has 0 bridgehead atoms. The van der Waals surface area contributed by atoms with Crippen molar-refractivity contribution >= 4 is 23.4 Å². The molecule has 1 fully saturated rings. The minimum atomic E-state index is 0.153. The number of piperazine rings is 1. The van der Waals surface area contributed by atoms with Crippen molar-refractivity contribution in [1.82, 2.24) is 20.5 Å². The van der Waals surface area contributed by atoms with Gasteiger partial charge in [0.1, 0.15) is 0 Å². The van der Waals surface area contributed by atoms with E-state index in [2.05, 4.69) is 39.2 Å². The van der Waals surface area contributed by atoms with E-state index in [9.17, 15) is 0 Å². The molecule has 0 saturated carbocycles. The van der Waals surface area contributed by atoms with Crippen LogP contribution in [0, 0.1) is 0 Å². The van der Waals surface area contributed by atoms with Gasteiger partial charge in [0.25, 0.3) is 0 Å². The molecule has 16 heavy (non-hydrogen) atoms. The van der Waals surface area contributed by atoms with Crippen LogP contribution in [0.2, 0.25) is 5.15 Å². The van der Waals surface area contributed by atoms with Crippen molar-refractivity contribution < 1.29 is 0 Å². The Bertz CT molecular complexity index is 374. The lowest BCUT2D eigenvalue weighted by Gasteiger charge is -2.35. The molecular formula is C9H15ClN6. The van der Waals surface area contributed by atoms with Gasteiger partial charge >= 0.3 is 0 Å². The van der Waals surface area contributed by atoms with E-state index in [1.807, 2.05) is 0 Å². The Morgan fingerprint density at radius 3 is 2.50 bits per heavy atom. The molecule has 1 aliphatic heterocycles. The zero-order chi connectivity index (χ0) is 11.7. The van der Waals surface area contributed by atoms with Gasteiger partial charge in [0.05, 0.1) is 0 Å². The Labute approximate surface area is 99.2 Å². The van der Waals surface area contributed by atoms with Crippen molar-refractivity contribution in [3.63, 3.8) is 0 Å². The number of nitrogens with one attached hydrogen (secondary N) is 1. The Kier molecular flexibility index (Phi) is 3.11. The van der Waals surface area contributed by atoms with Gasteiger partial charge in [0.15, 0.2) is 11.0 Å². The Morgan fingerprint density at radius 1 is 1.31 bits per heavy atom. The van der Waals surface area contributed by atoms with Gasteiger partial charge in [0.2, 0.25) is 5.95 Å². The fraction of sp³-hybridized carbons (Fsp3) is 0.667. The molecule has 2 rings (SSSR count). The molecule has 1 saturated heterocycles. The van der Waals surface area contributed by atoms with Gasteiger partial charge in [-0.1, -0.05) is 11.6 Å². The molecular weight excluding hydrogens is 228 g/mol. The van der Waals surface area contributed by atoms with Crippen LogP contribution in [-0.4, -0.2) is 40.4 Å². The summed E-state index contributed by atoms with van der Waals surface area (Å²) in [4.78, 5) is 6.20. The van der Waals surface area contributed by atoms with Gasteiger partial charge in [-0.15, -0.1) is 10.2 Å². The molecule has 0 spiro atoms.